The van der Waals surface area contributed by atoms with E-state index in [1.807, 2.05) is 36.4 Å². The molecule has 1 aliphatic heterocycles. The third-order valence-electron chi connectivity index (χ3n) is 6.65. The zero-order valence-corrected chi connectivity index (χ0v) is 24.4. The fourth-order valence-corrected chi connectivity index (χ4v) is 9.55. The fraction of sp³-hybridized carbons (Fsp3) is 0.483. The molecule has 1 saturated heterocycles. The molecule has 9 heteroatoms. The van der Waals surface area contributed by atoms with E-state index < -0.39 is 38.1 Å². The molecule has 2 atom stereocenters. The molecular formula is C29H40N2O6Si. The van der Waals surface area contributed by atoms with Crippen molar-refractivity contribution in [1.82, 2.24) is 10.2 Å². The summed E-state index contributed by atoms with van der Waals surface area (Å²) in [7, 11) is -1.65. The Balaban J connectivity index is 1.92. The first kappa shape index (κ1) is 29.4. The molecule has 2 aromatic carbocycles. The van der Waals surface area contributed by atoms with Crippen LogP contribution in [-0.4, -0.2) is 69.1 Å². The summed E-state index contributed by atoms with van der Waals surface area (Å²) < 4.78 is 17.3. The number of esters is 1. The Morgan fingerprint density at radius 3 is 1.95 bits per heavy atom. The highest BCUT2D eigenvalue weighted by atomic mass is 28.4. The van der Waals surface area contributed by atoms with Gasteiger partial charge >= 0.3 is 12.1 Å². The largest absolute Gasteiger partial charge is 0.467 e. The Kier molecular flexibility index (Phi) is 9.04. The van der Waals surface area contributed by atoms with Crippen LogP contribution in [0.5, 0.6) is 0 Å². The lowest BCUT2D eigenvalue weighted by Gasteiger charge is -2.44. The molecule has 0 radical (unpaired) electrons. The van der Waals surface area contributed by atoms with E-state index in [0.717, 1.165) is 10.4 Å². The minimum atomic E-state index is -2.95. The van der Waals surface area contributed by atoms with Crippen molar-refractivity contribution in [2.24, 2.45) is 0 Å². The maximum atomic E-state index is 13.3. The van der Waals surface area contributed by atoms with Gasteiger partial charge in [-0.05, 0) is 42.6 Å². The number of carbonyl (C=O) groups is 3. The van der Waals surface area contributed by atoms with E-state index in [9.17, 15) is 14.4 Å². The van der Waals surface area contributed by atoms with Crippen LogP contribution in [0, 0.1) is 0 Å². The van der Waals surface area contributed by atoms with Crippen molar-refractivity contribution in [3.8, 4) is 0 Å². The molecule has 38 heavy (non-hydrogen) atoms. The molecule has 206 valence electrons. The second-order valence-electron chi connectivity index (χ2n) is 11.5. The molecule has 1 N–H and O–H groups in total. The molecule has 0 aromatic heterocycles. The number of nitrogens with one attached hydrogen (secondary N) is 1. The number of nitrogens with zero attached hydrogens (tertiary/aromatic N) is 1. The van der Waals surface area contributed by atoms with Gasteiger partial charge in [-0.1, -0.05) is 81.4 Å². The SMILES string of the molecule is COC(=O)C(CO[Si](c1ccccc1)(c1ccccc1)C(C)(C)C)N1CC[C@H](NC(=O)OC(C)(C)C)C1=O. The van der Waals surface area contributed by atoms with Crippen molar-refractivity contribution >= 4 is 36.7 Å². The number of hydrogen-bond donors (Lipinski definition) is 1. The Bertz CT molecular complexity index is 1070. The highest BCUT2D eigenvalue weighted by Crippen LogP contribution is 2.37. The van der Waals surface area contributed by atoms with Crippen LogP contribution in [0.1, 0.15) is 48.0 Å². The van der Waals surface area contributed by atoms with Gasteiger partial charge in [-0.25, -0.2) is 9.59 Å². The molecule has 2 aromatic rings. The summed E-state index contributed by atoms with van der Waals surface area (Å²) in [6.45, 7) is 11.9. The van der Waals surface area contributed by atoms with Crippen LogP contribution < -0.4 is 15.7 Å². The molecule has 1 unspecified atom stereocenters. The number of carbonyl (C=O) groups excluding carboxylic acids is 3. The molecule has 0 spiro atoms. The maximum absolute atomic E-state index is 13.3. The van der Waals surface area contributed by atoms with Gasteiger partial charge in [0.05, 0.1) is 13.7 Å². The van der Waals surface area contributed by atoms with E-state index in [4.69, 9.17) is 13.9 Å². The number of amides is 2. The van der Waals surface area contributed by atoms with E-state index in [1.54, 1.807) is 20.8 Å². The monoisotopic (exact) mass is 540 g/mol. The number of alkyl carbamates (subject to hydrolysis) is 1. The first-order valence-electron chi connectivity index (χ1n) is 12.9. The van der Waals surface area contributed by atoms with Gasteiger partial charge in [0.25, 0.3) is 8.32 Å². The minimum Gasteiger partial charge on any atom is -0.467 e. The molecule has 0 aliphatic carbocycles. The lowest BCUT2D eigenvalue weighted by atomic mass is 10.2. The summed E-state index contributed by atoms with van der Waals surface area (Å²) in [5, 5.41) is 4.48. The lowest BCUT2D eigenvalue weighted by molar-refractivity contribution is -0.152. The third-order valence-corrected chi connectivity index (χ3v) is 11.7. The van der Waals surface area contributed by atoms with Crippen LogP contribution in [0.2, 0.25) is 5.04 Å². The summed E-state index contributed by atoms with van der Waals surface area (Å²) in [6, 6.07) is 18.4. The predicted molar refractivity (Wildman–Crippen MR) is 149 cm³/mol. The lowest BCUT2D eigenvalue weighted by Crippen LogP contribution is -2.67. The quantitative estimate of drug-likeness (QED) is 0.408. The van der Waals surface area contributed by atoms with Gasteiger partial charge < -0.3 is 24.1 Å². The zero-order valence-electron chi connectivity index (χ0n) is 23.4. The Morgan fingerprint density at radius 1 is 0.974 bits per heavy atom. The predicted octanol–water partition coefficient (Wildman–Crippen LogP) is 3.23. The molecule has 8 nitrogen and oxygen atoms in total. The number of benzene rings is 2. The fourth-order valence-electron chi connectivity index (χ4n) is 4.98. The van der Waals surface area contributed by atoms with Crippen LogP contribution in [0.15, 0.2) is 60.7 Å². The smallest absolute Gasteiger partial charge is 0.408 e. The van der Waals surface area contributed by atoms with Crippen molar-refractivity contribution in [3.05, 3.63) is 60.7 Å². The van der Waals surface area contributed by atoms with Crippen LogP contribution in [-0.2, 0) is 23.5 Å². The van der Waals surface area contributed by atoms with Gasteiger partial charge in [-0.15, -0.1) is 0 Å². The summed E-state index contributed by atoms with van der Waals surface area (Å²) in [6.07, 6.45) is -0.319. The summed E-state index contributed by atoms with van der Waals surface area (Å²) in [4.78, 5) is 40.1. The van der Waals surface area contributed by atoms with Crippen LogP contribution in [0.3, 0.4) is 0 Å². The highest BCUT2D eigenvalue weighted by molar-refractivity contribution is 6.99. The Morgan fingerprint density at radius 2 is 1.50 bits per heavy atom. The Hall–Kier alpha value is -3.17. The number of ether oxygens (including phenoxy) is 2. The number of rotatable bonds is 8. The van der Waals surface area contributed by atoms with Crippen molar-refractivity contribution in [2.45, 2.75) is 70.7 Å². The summed E-state index contributed by atoms with van der Waals surface area (Å²) in [5.74, 6) is -0.925. The zero-order chi connectivity index (χ0) is 28.1. The van der Waals surface area contributed by atoms with E-state index in [-0.39, 0.29) is 24.1 Å². The standard InChI is InChI=1S/C29H40N2O6Si/c1-28(2,3)37-27(34)30-23-18-19-31(25(23)32)24(26(33)35-7)20-36-38(29(4,5)6,21-14-10-8-11-15-21)22-16-12-9-13-17-22/h8-17,23-24H,18-20H2,1-7H3,(H,30,34)/t23-,24?/m0/s1. The van der Waals surface area contributed by atoms with Crippen LogP contribution >= 0.6 is 0 Å². The van der Waals surface area contributed by atoms with E-state index in [0.29, 0.717) is 6.42 Å². The number of methoxy groups -OCH3 is 1. The van der Waals surface area contributed by atoms with Gasteiger partial charge in [0.2, 0.25) is 5.91 Å². The molecule has 1 aliphatic rings. The van der Waals surface area contributed by atoms with Crippen LogP contribution in [0.4, 0.5) is 4.79 Å². The molecule has 1 fully saturated rings. The van der Waals surface area contributed by atoms with Crippen molar-refractivity contribution in [2.75, 3.05) is 20.3 Å². The first-order chi connectivity index (χ1) is 17.8. The van der Waals surface area contributed by atoms with Crippen molar-refractivity contribution in [1.29, 1.82) is 0 Å². The normalized spacial score (nSPS) is 17.2. The van der Waals surface area contributed by atoms with Gasteiger partial charge in [-0.2, -0.15) is 0 Å². The topological polar surface area (TPSA) is 94.2 Å². The molecule has 2 amide bonds. The maximum Gasteiger partial charge on any atom is 0.408 e. The molecule has 0 saturated carbocycles. The average Bonchev–Trinajstić information content (AvgIpc) is 3.20. The molecule has 1 heterocycles. The summed E-state index contributed by atoms with van der Waals surface area (Å²) >= 11 is 0. The average molecular weight is 541 g/mol. The van der Waals surface area contributed by atoms with Crippen LogP contribution in [0.25, 0.3) is 0 Å². The van der Waals surface area contributed by atoms with Gasteiger partial charge in [0.15, 0.2) is 6.04 Å². The Labute approximate surface area is 226 Å². The molecule has 3 rings (SSSR count). The first-order valence-corrected chi connectivity index (χ1v) is 14.8. The molecular weight excluding hydrogens is 500 g/mol. The van der Waals surface area contributed by atoms with Crippen molar-refractivity contribution < 1.29 is 28.3 Å². The van der Waals surface area contributed by atoms with Gasteiger partial charge in [-0.3, -0.25) is 4.79 Å². The van der Waals surface area contributed by atoms with Crippen molar-refractivity contribution in [3.63, 3.8) is 0 Å². The van der Waals surface area contributed by atoms with Gasteiger partial charge in [0, 0.05) is 6.54 Å². The number of likely N-dealkylation sites (tertiary alicyclic amines) is 1. The van der Waals surface area contributed by atoms with E-state index in [1.165, 1.54) is 12.0 Å². The van der Waals surface area contributed by atoms with Gasteiger partial charge in [0.1, 0.15) is 11.6 Å². The van der Waals surface area contributed by atoms with E-state index >= 15 is 0 Å². The third kappa shape index (κ3) is 6.45. The highest BCUT2D eigenvalue weighted by Gasteiger charge is 2.51. The number of hydrogen-bond acceptors (Lipinski definition) is 6. The molecule has 0 bridgehead atoms. The second kappa shape index (κ2) is 11.7. The minimum absolute atomic E-state index is 0.0369. The second-order valence-corrected chi connectivity index (χ2v) is 15.8. The summed E-state index contributed by atoms with van der Waals surface area (Å²) in [5.41, 5.74) is -0.691. The van der Waals surface area contributed by atoms with E-state index in [2.05, 4.69) is 50.4 Å².